The summed E-state index contributed by atoms with van der Waals surface area (Å²) in [6.45, 7) is 2.25. The summed E-state index contributed by atoms with van der Waals surface area (Å²) in [6.07, 6.45) is 28.2. The van der Waals surface area contributed by atoms with Crippen LogP contribution in [0.3, 0.4) is 0 Å². The number of rotatable bonds is 18. The highest BCUT2D eigenvalue weighted by Crippen LogP contribution is 2.11. The fourth-order valence-electron chi connectivity index (χ4n) is 2.79. The van der Waals surface area contributed by atoms with E-state index < -0.39 is 5.97 Å². The van der Waals surface area contributed by atoms with Gasteiger partial charge in [0.25, 0.3) is 0 Å². The Bertz CT molecular complexity index is 318. The van der Waals surface area contributed by atoms with Gasteiger partial charge in [-0.25, -0.2) is 0 Å². The van der Waals surface area contributed by atoms with Crippen LogP contribution in [0, 0.1) is 0 Å². The number of allylic oxidation sites excluding steroid dienone is 4. The van der Waals surface area contributed by atoms with E-state index in [4.69, 9.17) is 5.11 Å². The number of carboxylic acids is 1. The van der Waals surface area contributed by atoms with E-state index in [1.54, 1.807) is 0 Å². The Morgan fingerprint density at radius 2 is 1.12 bits per heavy atom. The van der Waals surface area contributed by atoms with Gasteiger partial charge < -0.3 is 5.11 Å². The number of hydrogen-bond acceptors (Lipinski definition) is 1. The highest BCUT2D eigenvalue weighted by atomic mass is 16.4. The zero-order valence-corrected chi connectivity index (χ0v) is 16.0. The molecule has 140 valence electrons. The summed E-state index contributed by atoms with van der Waals surface area (Å²) in [5, 5.41) is 8.55. The lowest BCUT2D eigenvalue weighted by atomic mass is 10.1. The summed E-state index contributed by atoms with van der Waals surface area (Å²) in [5.41, 5.74) is 0. The first-order chi connectivity index (χ1) is 11.8. The van der Waals surface area contributed by atoms with Gasteiger partial charge >= 0.3 is 5.97 Å². The SMILES string of the molecule is CCCCCC=CC/C=C\CCCCCCCCCCCC(=O)O. The molecule has 0 aliphatic heterocycles. The molecule has 0 saturated carbocycles. The van der Waals surface area contributed by atoms with Crippen LogP contribution in [-0.2, 0) is 4.79 Å². The molecule has 0 rings (SSSR count). The van der Waals surface area contributed by atoms with E-state index in [1.807, 2.05) is 0 Å². The minimum absolute atomic E-state index is 0.335. The van der Waals surface area contributed by atoms with Crippen LogP contribution in [0.4, 0.5) is 0 Å². The van der Waals surface area contributed by atoms with Crippen molar-refractivity contribution in [3.05, 3.63) is 24.3 Å². The Morgan fingerprint density at radius 3 is 1.62 bits per heavy atom. The van der Waals surface area contributed by atoms with Crippen molar-refractivity contribution in [3.63, 3.8) is 0 Å². The molecule has 1 N–H and O–H groups in total. The lowest BCUT2D eigenvalue weighted by Crippen LogP contribution is -1.93. The van der Waals surface area contributed by atoms with E-state index >= 15 is 0 Å². The fourth-order valence-corrected chi connectivity index (χ4v) is 2.79. The van der Waals surface area contributed by atoms with Crippen LogP contribution < -0.4 is 0 Å². The molecule has 24 heavy (non-hydrogen) atoms. The first-order valence-electron chi connectivity index (χ1n) is 10.3. The van der Waals surface area contributed by atoms with E-state index in [0.717, 1.165) is 19.3 Å². The second-order valence-electron chi connectivity index (χ2n) is 6.79. The monoisotopic (exact) mass is 336 g/mol. The number of unbranched alkanes of at least 4 members (excludes halogenated alkanes) is 12. The van der Waals surface area contributed by atoms with Crippen LogP contribution >= 0.6 is 0 Å². The van der Waals surface area contributed by atoms with Gasteiger partial charge in [-0.1, -0.05) is 89.0 Å². The molecule has 0 spiro atoms. The molecule has 2 nitrogen and oxygen atoms in total. The average molecular weight is 337 g/mol. The molecule has 0 fully saturated rings. The first kappa shape index (κ1) is 22.9. The topological polar surface area (TPSA) is 37.3 Å². The molecule has 0 radical (unpaired) electrons. The highest BCUT2D eigenvalue weighted by molar-refractivity contribution is 5.66. The van der Waals surface area contributed by atoms with Crippen LogP contribution in [0.5, 0.6) is 0 Å². The molecule has 0 atom stereocenters. The standard InChI is InChI=1S/C22H40O2/c1-2-3-4-5-6-7-8-9-10-11-12-13-14-15-16-17-18-19-20-21-22(23)24/h6-7,9-10H,2-5,8,11-21H2,1H3,(H,23,24)/b7-6?,10-9-. The molecule has 0 aliphatic carbocycles. The van der Waals surface area contributed by atoms with Crippen molar-refractivity contribution >= 4 is 5.97 Å². The van der Waals surface area contributed by atoms with Gasteiger partial charge in [0.2, 0.25) is 0 Å². The van der Waals surface area contributed by atoms with Crippen LogP contribution in [0.15, 0.2) is 24.3 Å². The number of aliphatic carboxylic acids is 1. The Morgan fingerprint density at radius 1 is 0.667 bits per heavy atom. The second-order valence-corrected chi connectivity index (χ2v) is 6.79. The summed E-state index contributed by atoms with van der Waals surface area (Å²) >= 11 is 0. The van der Waals surface area contributed by atoms with E-state index in [2.05, 4.69) is 31.2 Å². The third-order valence-electron chi connectivity index (χ3n) is 4.34. The average Bonchev–Trinajstić information content (AvgIpc) is 2.56. The maximum atomic E-state index is 10.4. The summed E-state index contributed by atoms with van der Waals surface area (Å²) in [7, 11) is 0. The Hall–Kier alpha value is -1.05. The molecule has 0 aromatic rings. The quantitative estimate of drug-likeness (QED) is 0.208. The Kier molecular flexibility index (Phi) is 19.1. The molecular formula is C22H40O2. The van der Waals surface area contributed by atoms with Gasteiger partial charge in [-0.05, 0) is 38.5 Å². The zero-order chi connectivity index (χ0) is 17.7. The molecule has 0 aliphatic rings. The van der Waals surface area contributed by atoms with Crippen molar-refractivity contribution in [1.29, 1.82) is 0 Å². The number of carboxylic acid groups (broad SMARTS) is 1. The smallest absolute Gasteiger partial charge is 0.303 e. The van der Waals surface area contributed by atoms with Gasteiger partial charge in [0.05, 0.1) is 0 Å². The zero-order valence-electron chi connectivity index (χ0n) is 16.0. The summed E-state index contributed by atoms with van der Waals surface area (Å²) in [6, 6.07) is 0. The largest absolute Gasteiger partial charge is 0.481 e. The highest BCUT2D eigenvalue weighted by Gasteiger charge is 1.96. The van der Waals surface area contributed by atoms with Crippen molar-refractivity contribution < 1.29 is 9.90 Å². The Labute approximate surface area is 150 Å². The van der Waals surface area contributed by atoms with E-state index in [9.17, 15) is 4.79 Å². The van der Waals surface area contributed by atoms with E-state index in [1.165, 1.54) is 77.0 Å². The summed E-state index contributed by atoms with van der Waals surface area (Å²) < 4.78 is 0. The van der Waals surface area contributed by atoms with E-state index in [-0.39, 0.29) is 0 Å². The Balaban J connectivity index is 3.14. The molecule has 0 heterocycles. The first-order valence-corrected chi connectivity index (χ1v) is 10.3. The van der Waals surface area contributed by atoms with Gasteiger partial charge in [0, 0.05) is 6.42 Å². The maximum Gasteiger partial charge on any atom is 0.303 e. The molecule has 0 amide bonds. The van der Waals surface area contributed by atoms with Crippen molar-refractivity contribution in [2.75, 3.05) is 0 Å². The molecular weight excluding hydrogens is 296 g/mol. The van der Waals surface area contributed by atoms with E-state index in [0.29, 0.717) is 6.42 Å². The van der Waals surface area contributed by atoms with Gasteiger partial charge in [-0.3, -0.25) is 4.79 Å². The lowest BCUT2D eigenvalue weighted by molar-refractivity contribution is -0.137. The predicted molar refractivity (Wildman–Crippen MR) is 105 cm³/mol. The second kappa shape index (κ2) is 20.0. The van der Waals surface area contributed by atoms with Crippen LogP contribution in [0.2, 0.25) is 0 Å². The number of carbonyl (C=O) groups is 1. The van der Waals surface area contributed by atoms with Crippen LogP contribution in [0.1, 0.15) is 110 Å². The predicted octanol–water partition coefficient (Wildman–Crippen LogP) is 7.44. The maximum absolute atomic E-state index is 10.4. The minimum Gasteiger partial charge on any atom is -0.481 e. The molecule has 0 aromatic heterocycles. The van der Waals surface area contributed by atoms with Crippen molar-refractivity contribution in [1.82, 2.24) is 0 Å². The van der Waals surface area contributed by atoms with Crippen molar-refractivity contribution in [2.24, 2.45) is 0 Å². The molecule has 0 bridgehead atoms. The molecule has 2 heteroatoms. The third kappa shape index (κ3) is 20.9. The third-order valence-corrected chi connectivity index (χ3v) is 4.34. The van der Waals surface area contributed by atoms with Gasteiger partial charge in [-0.15, -0.1) is 0 Å². The van der Waals surface area contributed by atoms with Gasteiger partial charge in [-0.2, -0.15) is 0 Å². The lowest BCUT2D eigenvalue weighted by Gasteiger charge is -2.01. The minimum atomic E-state index is -0.660. The number of hydrogen-bond donors (Lipinski definition) is 1. The summed E-state index contributed by atoms with van der Waals surface area (Å²) in [4.78, 5) is 10.4. The van der Waals surface area contributed by atoms with Gasteiger partial charge in [0.1, 0.15) is 0 Å². The van der Waals surface area contributed by atoms with Crippen LogP contribution in [0.25, 0.3) is 0 Å². The normalized spacial score (nSPS) is 11.7. The molecule has 0 saturated heterocycles. The molecule has 0 aromatic carbocycles. The molecule has 0 unspecified atom stereocenters. The van der Waals surface area contributed by atoms with Gasteiger partial charge in [0.15, 0.2) is 0 Å². The fraction of sp³-hybridized carbons (Fsp3) is 0.773. The van der Waals surface area contributed by atoms with Crippen molar-refractivity contribution in [3.8, 4) is 0 Å². The van der Waals surface area contributed by atoms with Crippen molar-refractivity contribution in [2.45, 2.75) is 110 Å². The van der Waals surface area contributed by atoms with Crippen LogP contribution in [-0.4, -0.2) is 11.1 Å². The summed E-state index contributed by atoms with van der Waals surface area (Å²) in [5.74, 6) is -0.660.